The Labute approximate surface area is 282 Å². The Morgan fingerprint density at radius 2 is 0.915 bits per heavy atom. The fourth-order valence-corrected chi connectivity index (χ4v) is 8.36. The van der Waals surface area contributed by atoms with Crippen LogP contribution in [0.15, 0.2) is 97.1 Å². The van der Waals surface area contributed by atoms with E-state index in [4.69, 9.17) is 20.9 Å². The minimum atomic E-state index is -0.0222. The van der Waals surface area contributed by atoms with Gasteiger partial charge in [0, 0.05) is 16.8 Å². The van der Waals surface area contributed by atoms with Crippen molar-refractivity contribution in [2.45, 2.75) is 102 Å². The van der Waals surface area contributed by atoms with E-state index in [1.807, 2.05) is 48.5 Å². The first-order valence-electron chi connectivity index (χ1n) is 18.3. The van der Waals surface area contributed by atoms with Crippen LogP contribution in [0, 0.1) is 17.8 Å². The molecule has 4 aromatic carbocycles. The lowest BCUT2D eigenvalue weighted by Crippen LogP contribution is -2.35. The maximum atomic E-state index is 6.16. The van der Waals surface area contributed by atoms with Crippen LogP contribution in [0.2, 0.25) is 0 Å². The van der Waals surface area contributed by atoms with E-state index in [9.17, 15) is 0 Å². The molecule has 0 spiro atoms. The molecule has 0 unspecified atom stereocenters. The van der Waals surface area contributed by atoms with Crippen LogP contribution in [0.5, 0.6) is 23.0 Å². The zero-order valence-corrected chi connectivity index (χ0v) is 28.3. The van der Waals surface area contributed by atoms with E-state index >= 15 is 0 Å². The average molecular weight is 631 g/mol. The van der Waals surface area contributed by atoms with E-state index in [0.717, 1.165) is 52.1 Å². The molecule has 2 aliphatic carbocycles. The van der Waals surface area contributed by atoms with Crippen LogP contribution in [0.1, 0.15) is 108 Å². The Balaban J connectivity index is 1.14. The second-order valence-electron chi connectivity index (χ2n) is 14.3. The molecule has 2 fully saturated rings. The van der Waals surface area contributed by atoms with Crippen molar-refractivity contribution in [3.63, 3.8) is 0 Å². The van der Waals surface area contributed by atoms with Gasteiger partial charge >= 0.3 is 0 Å². The summed E-state index contributed by atoms with van der Waals surface area (Å²) in [7, 11) is 0. The monoisotopic (exact) mass is 630 g/mol. The molecule has 0 heterocycles. The van der Waals surface area contributed by atoms with E-state index in [-0.39, 0.29) is 5.41 Å². The molecule has 0 radical (unpaired) electrons. The van der Waals surface area contributed by atoms with Crippen LogP contribution in [-0.4, -0.2) is 0 Å². The van der Waals surface area contributed by atoms with E-state index in [0.29, 0.717) is 0 Å². The Morgan fingerprint density at radius 3 is 1.36 bits per heavy atom. The van der Waals surface area contributed by atoms with Gasteiger partial charge in [0.25, 0.3) is 0 Å². The molecule has 0 atom stereocenters. The number of benzene rings is 4. The Kier molecular flexibility index (Phi) is 11.1. The van der Waals surface area contributed by atoms with Gasteiger partial charge in [0.05, 0.1) is 0 Å². The molecule has 0 saturated heterocycles. The molecule has 0 amide bonds. The average Bonchev–Trinajstić information content (AvgIpc) is 3.11. The number of nitrogen functional groups attached to an aromatic ring is 2. The lowest BCUT2D eigenvalue weighted by atomic mass is 9.60. The highest BCUT2D eigenvalue weighted by Crippen LogP contribution is 2.51. The number of nitrogens with two attached hydrogens (primary N) is 2. The van der Waals surface area contributed by atoms with Crippen molar-refractivity contribution in [3.8, 4) is 23.0 Å². The Bertz CT molecular complexity index is 1400. The summed E-state index contributed by atoms with van der Waals surface area (Å²) >= 11 is 0. The van der Waals surface area contributed by atoms with Crippen molar-refractivity contribution >= 4 is 11.4 Å². The summed E-state index contributed by atoms with van der Waals surface area (Å²) in [6.45, 7) is 2.31. The molecule has 0 aliphatic heterocycles. The molecule has 47 heavy (non-hydrogen) atoms. The molecular weight excluding hydrogens is 576 g/mol. The number of hydrogen-bond acceptors (Lipinski definition) is 4. The highest BCUT2D eigenvalue weighted by Gasteiger charge is 2.41. The highest BCUT2D eigenvalue weighted by molar-refractivity contribution is 5.47. The smallest absolute Gasteiger partial charge is 0.127 e. The zero-order valence-electron chi connectivity index (χ0n) is 28.3. The minimum absolute atomic E-state index is 0.0222. The van der Waals surface area contributed by atoms with E-state index in [1.54, 1.807) is 0 Å². The Morgan fingerprint density at radius 1 is 0.511 bits per heavy atom. The van der Waals surface area contributed by atoms with Crippen molar-refractivity contribution in [2.24, 2.45) is 17.8 Å². The van der Waals surface area contributed by atoms with Gasteiger partial charge in [-0.05, 0) is 140 Å². The summed E-state index contributed by atoms with van der Waals surface area (Å²) in [5, 5.41) is 0. The zero-order chi connectivity index (χ0) is 32.5. The highest BCUT2D eigenvalue weighted by atomic mass is 16.5. The molecule has 248 valence electrons. The second kappa shape index (κ2) is 15.8. The van der Waals surface area contributed by atoms with Crippen molar-refractivity contribution in [1.29, 1.82) is 0 Å². The fourth-order valence-electron chi connectivity index (χ4n) is 8.36. The van der Waals surface area contributed by atoms with Gasteiger partial charge in [-0.3, -0.25) is 0 Å². The van der Waals surface area contributed by atoms with Gasteiger partial charge in [0.1, 0.15) is 23.0 Å². The number of rotatable bonds is 13. The summed E-state index contributed by atoms with van der Waals surface area (Å²) in [6.07, 6.45) is 19.2. The Hall–Kier alpha value is -3.92. The number of hydrogen-bond donors (Lipinski definition) is 2. The molecule has 4 N–H and O–H groups in total. The first-order valence-corrected chi connectivity index (χ1v) is 18.3. The normalized spacial score (nSPS) is 19.7. The van der Waals surface area contributed by atoms with E-state index < -0.39 is 0 Å². The summed E-state index contributed by atoms with van der Waals surface area (Å²) in [5.74, 6) is 5.99. The van der Waals surface area contributed by atoms with E-state index in [1.165, 1.54) is 101 Å². The third-order valence-electron chi connectivity index (χ3n) is 11.2. The van der Waals surface area contributed by atoms with Crippen LogP contribution < -0.4 is 20.9 Å². The van der Waals surface area contributed by atoms with Gasteiger partial charge in [-0.2, -0.15) is 0 Å². The quantitative estimate of drug-likeness (QED) is 0.114. The van der Waals surface area contributed by atoms with Crippen molar-refractivity contribution in [2.75, 3.05) is 11.5 Å². The van der Waals surface area contributed by atoms with Crippen molar-refractivity contribution < 1.29 is 9.47 Å². The van der Waals surface area contributed by atoms with Crippen molar-refractivity contribution in [1.82, 2.24) is 0 Å². The molecular formula is C43H54N2O2. The number of anilines is 2. The molecule has 2 aliphatic rings. The maximum Gasteiger partial charge on any atom is 0.127 e. The van der Waals surface area contributed by atoms with Gasteiger partial charge in [-0.1, -0.05) is 82.6 Å². The van der Waals surface area contributed by atoms with Crippen LogP contribution in [0.25, 0.3) is 0 Å². The van der Waals surface area contributed by atoms with Gasteiger partial charge < -0.3 is 20.9 Å². The number of unbranched alkanes of at least 4 members (excludes halogenated alkanes) is 4. The summed E-state index contributed by atoms with van der Waals surface area (Å²) in [4.78, 5) is 0. The topological polar surface area (TPSA) is 70.5 Å². The first kappa shape index (κ1) is 33.0. The van der Waals surface area contributed by atoms with Gasteiger partial charge in [0.15, 0.2) is 0 Å². The predicted octanol–water partition coefficient (Wildman–Crippen LogP) is 12.1. The summed E-state index contributed by atoms with van der Waals surface area (Å²) < 4.78 is 12.3. The molecule has 4 aromatic rings. The molecule has 0 bridgehead atoms. The lowest BCUT2D eigenvalue weighted by molar-refractivity contribution is 0.140. The van der Waals surface area contributed by atoms with E-state index in [2.05, 4.69) is 55.5 Å². The van der Waals surface area contributed by atoms with Crippen LogP contribution >= 0.6 is 0 Å². The van der Waals surface area contributed by atoms with Gasteiger partial charge in [0.2, 0.25) is 0 Å². The molecule has 0 aromatic heterocycles. The first-order chi connectivity index (χ1) is 23.0. The van der Waals surface area contributed by atoms with Crippen LogP contribution in [-0.2, 0) is 5.41 Å². The predicted molar refractivity (Wildman–Crippen MR) is 196 cm³/mol. The lowest BCUT2D eigenvalue weighted by Gasteiger charge is -2.44. The molecule has 4 nitrogen and oxygen atoms in total. The summed E-state index contributed by atoms with van der Waals surface area (Å²) in [6, 6.07) is 32.8. The minimum Gasteiger partial charge on any atom is -0.457 e. The SMILES string of the molecule is CCCCCCCC1CCC(C2CCC(c3ccc(Oc4ccc(N)cc4)cc3)(c3ccc(Oc4ccc(N)cc4)cc3)CC2)CC1. The van der Waals surface area contributed by atoms with Crippen molar-refractivity contribution in [3.05, 3.63) is 108 Å². The fraction of sp³-hybridized carbons (Fsp3) is 0.442. The van der Waals surface area contributed by atoms with Gasteiger partial charge in [-0.25, -0.2) is 0 Å². The third-order valence-corrected chi connectivity index (χ3v) is 11.2. The maximum absolute atomic E-state index is 6.16. The third kappa shape index (κ3) is 8.52. The molecule has 2 saturated carbocycles. The summed E-state index contributed by atoms with van der Waals surface area (Å²) in [5.41, 5.74) is 15.9. The molecule has 4 heteroatoms. The second-order valence-corrected chi connectivity index (χ2v) is 14.3. The largest absolute Gasteiger partial charge is 0.457 e. The molecule has 6 rings (SSSR count). The van der Waals surface area contributed by atoms with Gasteiger partial charge in [-0.15, -0.1) is 0 Å². The standard InChI is InChI=1S/C43H54N2O2/c1-2-3-4-5-6-7-32-8-10-33(11-9-32)34-28-30-43(31-29-34,35-12-20-39(21-13-35)46-41-24-16-37(44)17-25-41)36-14-22-40(23-15-36)47-42-26-18-38(45)19-27-42/h12-27,32-34H,2-11,28-31,44-45H2,1H3. The number of ether oxygens (including phenoxy) is 2. The van der Waals surface area contributed by atoms with Crippen LogP contribution in [0.4, 0.5) is 11.4 Å². The van der Waals surface area contributed by atoms with Crippen LogP contribution in [0.3, 0.4) is 0 Å².